The van der Waals surface area contributed by atoms with Crippen molar-refractivity contribution in [3.05, 3.63) is 97.3 Å². The van der Waals surface area contributed by atoms with Gasteiger partial charge in [0, 0.05) is 5.39 Å². The monoisotopic (exact) mass is 296 g/mol. The fourth-order valence-electron chi connectivity index (χ4n) is 2.79. The predicted octanol–water partition coefficient (Wildman–Crippen LogP) is 6.43. The molecule has 0 aliphatic rings. The highest BCUT2D eigenvalue weighted by Gasteiger charge is 1.95. The SMILES string of the molecule is c1ccc2cc3ccccc3cc2c1.c1ccc2occc2c1. The molecule has 0 bridgehead atoms. The topological polar surface area (TPSA) is 13.1 Å². The first-order valence-electron chi connectivity index (χ1n) is 7.70. The van der Waals surface area contributed by atoms with Crippen LogP contribution in [0.1, 0.15) is 0 Å². The molecule has 0 fully saturated rings. The molecule has 1 nitrogen and oxygen atoms in total. The van der Waals surface area contributed by atoms with Gasteiger partial charge in [0.2, 0.25) is 0 Å². The van der Waals surface area contributed by atoms with Crippen molar-refractivity contribution in [3.63, 3.8) is 0 Å². The zero-order chi connectivity index (χ0) is 15.5. The third kappa shape index (κ3) is 2.82. The number of fused-ring (bicyclic) bond motifs is 3. The Morgan fingerprint density at radius 3 is 1.35 bits per heavy atom. The van der Waals surface area contributed by atoms with Gasteiger partial charge in [-0.05, 0) is 45.8 Å². The van der Waals surface area contributed by atoms with E-state index in [4.69, 9.17) is 4.42 Å². The van der Waals surface area contributed by atoms with E-state index in [0.29, 0.717) is 0 Å². The molecule has 0 aliphatic heterocycles. The van der Waals surface area contributed by atoms with Crippen LogP contribution < -0.4 is 0 Å². The average Bonchev–Trinajstić information content (AvgIpc) is 3.09. The molecular formula is C22H16O. The lowest BCUT2D eigenvalue weighted by Crippen LogP contribution is -1.74. The van der Waals surface area contributed by atoms with Crippen molar-refractivity contribution in [3.8, 4) is 0 Å². The van der Waals surface area contributed by atoms with Crippen LogP contribution in [0.4, 0.5) is 0 Å². The van der Waals surface area contributed by atoms with Crippen molar-refractivity contribution in [2.24, 2.45) is 0 Å². The summed E-state index contributed by atoms with van der Waals surface area (Å²) in [5, 5.41) is 6.41. The molecule has 0 aliphatic carbocycles. The van der Waals surface area contributed by atoms with E-state index < -0.39 is 0 Å². The molecule has 4 aromatic carbocycles. The van der Waals surface area contributed by atoms with Crippen LogP contribution in [0, 0.1) is 0 Å². The van der Waals surface area contributed by atoms with Gasteiger partial charge < -0.3 is 4.42 Å². The third-order valence-corrected chi connectivity index (χ3v) is 3.98. The normalized spacial score (nSPS) is 10.6. The highest BCUT2D eigenvalue weighted by molar-refractivity contribution is 5.98. The minimum Gasteiger partial charge on any atom is -0.464 e. The molecule has 0 radical (unpaired) electrons. The van der Waals surface area contributed by atoms with Gasteiger partial charge in [-0.25, -0.2) is 0 Å². The van der Waals surface area contributed by atoms with Crippen molar-refractivity contribution in [2.75, 3.05) is 0 Å². The number of benzene rings is 4. The van der Waals surface area contributed by atoms with E-state index in [1.54, 1.807) is 6.26 Å². The molecule has 0 amide bonds. The summed E-state index contributed by atoms with van der Waals surface area (Å²) >= 11 is 0. The first kappa shape index (κ1) is 13.6. The second-order valence-electron chi connectivity index (χ2n) is 5.50. The second kappa shape index (κ2) is 5.98. The highest BCUT2D eigenvalue weighted by atomic mass is 16.3. The number of hydrogen-bond donors (Lipinski definition) is 0. The van der Waals surface area contributed by atoms with Gasteiger partial charge in [0.05, 0.1) is 6.26 Å². The van der Waals surface area contributed by atoms with Crippen molar-refractivity contribution in [1.29, 1.82) is 0 Å². The quantitative estimate of drug-likeness (QED) is 0.300. The Morgan fingerprint density at radius 2 is 0.870 bits per heavy atom. The van der Waals surface area contributed by atoms with Gasteiger partial charge >= 0.3 is 0 Å². The fourth-order valence-corrected chi connectivity index (χ4v) is 2.79. The van der Waals surface area contributed by atoms with Gasteiger partial charge in [-0.1, -0.05) is 66.7 Å². The summed E-state index contributed by atoms with van der Waals surface area (Å²) < 4.78 is 5.12. The maximum atomic E-state index is 5.12. The van der Waals surface area contributed by atoms with Gasteiger partial charge in [0.15, 0.2) is 0 Å². The van der Waals surface area contributed by atoms with E-state index in [9.17, 15) is 0 Å². The summed E-state index contributed by atoms with van der Waals surface area (Å²) in [6.45, 7) is 0. The molecule has 0 unspecified atom stereocenters. The van der Waals surface area contributed by atoms with Crippen molar-refractivity contribution < 1.29 is 4.42 Å². The largest absolute Gasteiger partial charge is 0.464 e. The van der Waals surface area contributed by atoms with Crippen LogP contribution in [0.3, 0.4) is 0 Å². The van der Waals surface area contributed by atoms with Crippen molar-refractivity contribution >= 4 is 32.5 Å². The van der Waals surface area contributed by atoms with Crippen LogP contribution in [-0.4, -0.2) is 0 Å². The Hall–Kier alpha value is -3.06. The van der Waals surface area contributed by atoms with Crippen molar-refractivity contribution in [2.45, 2.75) is 0 Å². The molecule has 0 saturated carbocycles. The summed E-state index contributed by atoms with van der Waals surface area (Å²) in [4.78, 5) is 0. The van der Waals surface area contributed by atoms with E-state index in [2.05, 4.69) is 60.7 Å². The van der Waals surface area contributed by atoms with Crippen molar-refractivity contribution in [1.82, 2.24) is 0 Å². The number of furan rings is 1. The van der Waals surface area contributed by atoms with Gasteiger partial charge in [-0.3, -0.25) is 0 Å². The molecule has 1 aromatic heterocycles. The minimum atomic E-state index is 0.956. The van der Waals surface area contributed by atoms with E-state index in [-0.39, 0.29) is 0 Å². The van der Waals surface area contributed by atoms with Crippen LogP contribution in [0.5, 0.6) is 0 Å². The molecular weight excluding hydrogens is 280 g/mol. The van der Waals surface area contributed by atoms with Crippen LogP contribution in [0.15, 0.2) is 102 Å². The molecule has 0 atom stereocenters. The van der Waals surface area contributed by atoms with Gasteiger partial charge in [-0.15, -0.1) is 0 Å². The predicted molar refractivity (Wildman–Crippen MR) is 97.7 cm³/mol. The van der Waals surface area contributed by atoms with Crippen LogP contribution in [0.2, 0.25) is 0 Å². The Labute approximate surface area is 134 Å². The van der Waals surface area contributed by atoms with Crippen LogP contribution in [-0.2, 0) is 0 Å². The lowest BCUT2D eigenvalue weighted by atomic mass is 10.0. The summed E-state index contributed by atoms with van der Waals surface area (Å²) in [5.41, 5.74) is 0.956. The number of para-hydroxylation sites is 1. The van der Waals surface area contributed by atoms with E-state index in [0.717, 1.165) is 11.0 Å². The highest BCUT2D eigenvalue weighted by Crippen LogP contribution is 2.22. The standard InChI is InChI=1S/C14H10.C8H6O/c1-2-6-12-10-14-8-4-3-7-13(14)9-11(12)5-1;1-2-4-8-7(3-1)5-6-9-8/h1-10H;1-6H. The first-order valence-corrected chi connectivity index (χ1v) is 7.70. The molecule has 110 valence electrons. The van der Waals surface area contributed by atoms with E-state index in [1.807, 2.05) is 30.3 Å². The Balaban J connectivity index is 0.000000130. The van der Waals surface area contributed by atoms with Crippen LogP contribution in [0.25, 0.3) is 32.5 Å². The zero-order valence-electron chi connectivity index (χ0n) is 12.6. The smallest absolute Gasteiger partial charge is 0.133 e. The summed E-state index contributed by atoms with van der Waals surface area (Å²) in [7, 11) is 0. The molecule has 5 aromatic rings. The molecule has 5 rings (SSSR count). The van der Waals surface area contributed by atoms with E-state index >= 15 is 0 Å². The third-order valence-electron chi connectivity index (χ3n) is 3.98. The summed E-state index contributed by atoms with van der Waals surface area (Å²) in [6, 6.07) is 31.3. The van der Waals surface area contributed by atoms with Crippen LogP contribution >= 0.6 is 0 Å². The van der Waals surface area contributed by atoms with Gasteiger partial charge in [0.25, 0.3) is 0 Å². The lowest BCUT2D eigenvalue weighted by molar-refractivity contribution is 0.616. The second-order valence-corrected chi connectivity index (χ2v) is 5.50. The van der Waals surface area contributed by atoms with Gasteiger partial charge in [0.1, 0.15) is 5.58 Å². The Bertz CT molecular complexity index is 937. The zero-order valence-corrected chi connectivity index (χ0v) is 12.6. The maximum Gasteiger partial charge on any atom is 0.133 e. The first-order chi connectivity index (χ1) is 11.4. The van der Waals surface area contributed by atoms with Gasteiger partial charge in [-0.2, -0.15) is 0 Å². The fraction of sp³-hybridized carbons (Fsp3) is 0. The summed E-state index contributed by atoms with van der Waals surface area (Å²) in [5.74, 6) is 0. The maximum absolute atomic E-state index is 5.12. The minimum absolute atomic E-state index is 0.956. The number of rotatable bonds is 0. The molecule has 0 spiro atoms. The Morgan fingerprint density at radius 1 is 0.435 bits per heavy atom. The molecule has 1 heterocycles. The molecule has 23 heavy (non-hydrogen) atoms. The number of hydrogen-bond acceptors (Lipinski definition) is 1. The lowest BCUT2D eigenvalue weighted by Gasteiger charge is -2.00. The van der Waals surface area contributed by atoms with E-state index in [1.165, 1.54) is 21.5 Å². The molecule has 0 saturated heterocycles. The summed E-state index contributed by atoms with van der Waals surface area (Å²) in [6.07, 6.45) is 1.70. The Kier molecular flexibility index (Phi) is 3.53. The molecule has 1 heteroatoms. The molecule has 0 N–H and O–H groups in total. The average molecular weight is 296 g/mol.